The minimum Gasteiger partial charge on any atom is -0.469 e. The first-order chi connectivity index (χ1) is 14.4. The van der Waals surface area contributed by atoms with E-state index in [1.165, 1.54) is 37.5 Å². The highest BCUT2D eigenvalue weighted by Crippen LogP contribution is 2.48. The fraction of sp³-hybridized carbons (Fsp3) is 0.769. The molecule has 0 amide bonds. The monoisotopic (exact) mass is 418 g/mol. The van der Waals surface area contributed by atoms with E-state index in [2.05, 4.69) is 30.7 Å². The molecule has 2 aliphatic carbocycles. The highest BCUT2D eigenvalue weighted by molar-refractivity contribution is 5.82. The summed E-state index contributed by atoms with van der Waals surface area (Å²) in [5.41, 5.74) is 2.80. The highest BCUT2D eigenvalue weighted by atomic mass is 16.5. The van der Waals surface area contributed by atoms with E-state index in [0.29, 0.717) is 24.7 Å². The third kappa shape index (κ3) is 8.02. The second-order valence-electron chi connectivity index (χ2n) is 9.52. The fourth-order valence-corrected chi connectivity index (χ4v) is 5.19. The van der Waals surface area contributed by atoms with E-state index in [9.17, 15) is 14.7 Å². The summed E-state index contributed by atoms with van der Waals surface area (Å²) in [6.07, 6.45) is 16.6. The van der Waals surface area contributed by atoms with Gasteiger partial charge in [0.2, 0.25) is 0 Å². The second-order valence-corrected chi connectivity index (χ2v) is 9.52. The smallest absolute Gasteiger partial charge is 0.305 e. The number of unbranched alkanes of at least 4 members (excludes halogenated alkanes) is 6. The lowest BCUT2D eigenvalue weighted by molar-refractivity contribution is -0.140. The molecule has 1 saturated carbocycles. The van der Waals surface area contributed by atoms with Gasteiger partial charge in [0.25, 0.3) is 0 Å². The highest BCUT2D eigenvalue weighted by Gasteiger charge is 2.47. The van der Waals surface area contributed by atoms with Gasteiger partial charge in [-0.3, -0.25) is 9.59 Å². The summed E-state index contributed by atoms with van der Waals surface area (Å²) < 4.78 is 4.69. The number of aliphatic hydroxyl groups excluding tert-OH is 1. The predicted molar refractivity (Wildman–Crippen MR) is 121 cm³/mol. The Balaban J connectivity index is 1.65. The molecule has 2 aliphatic rings. The summed E-state index contributed by atoms with van der Waals surface area (Å²) in [6, 6.07) is 0. The Morgan fingerprint density at radius 3 is 2.50 bits per heavy atom. The van der Waals surface area contributed by atoms with Gasteiger partial charge in [-0.15, -0.1) is 0 Å². The van der Waals surface area contributed by atoms with Crippen LogP contribution in [0.1, 0.15) is 97.3 Å². The van der Waals surface area contributed by atoms with E-state index >= 15 is 0 Å². The van der Waals surface area contributed by atoms with Crippen LogP contribution >= 0.6 is 0 Å². The van der Waals surface area contributed by atoms with E-state index in [1.54, 1.807) is 0 Å². The molecule has 0 aromatic rings. The van der Waals surface area contributed by atoms with Gasteiger partial charge < -0.3 is 9.84 Å². The first kappa shape index (κ1) is 24.8. The van der Waals surface area contributed by atoms with Crippen LogP contribution in [-0.2, 0) is 14.3 Å². The lowest BCUT2D eigenvalue weighted by Gasteiger charge is -2.20. The number of esters is 1. The molecule has 0 heterocycles. The number of ether oxygens (including phenoxy) is 1. The minimum absolute atomic E-state index is 0.144. The molecule has 0 aromatic carbocycles. The van der Waals surface area contributed by atoms with Gasteiger partial charge in [0.1, 0.15) is 5.78 Å². The number of rotatable bonds is 14. The third-order valence-electron chi connectivity index (χ3n) is 6.80. The van der Waals surface area contributed by atoms with Gasteiger partial charge in [-0.25, -0.2) is 0 Å². The van der Waals surface area contributed by atoms with Crippen LogP contribution in [0.3, 0.4) is 0 Å². The Morgan fingerprint density at radius 1 is 1.07 bits per heavy atom. The van der Waals surface area contributed by atoms with Crippen LogP contribution < -0.4 is 0 Å². The van der Waals surface area contributed by atoms with Gasteiger partial charge in [0.15, 0.2) is 0 Å². The van der Waals surface area contributed by atoms with Crippen molar-refractivity contribution in [2.24, 2.45) is 17.8 Å². The Morgan fingerprint density at radius 2 is 1.77 bits per heavy atom. The molecule has 1 N–H and O–H groups in total. The lowest BCUT2D eigenvalue weighted by atomic mass is 9.84. The first-order valence-electron chi connectivity index (χ1n) is 12.0. The maximum atomic E-state index is 12.8. The van der Waals surface area contributed by atoms with Crippen LogP contribution in [0.2, 0.25) is 0 Å². The minimum atomic E-state index is -0.464. The molecule has 0 aliphatic heterocycles. The Labute approximate surface area is 183 Å². The van der Waals surface area contributed by atoms with E-state index in [1.807, 2.05) is 0 Å². The average molecular weight is 419 g/mol. The molecule has 0 aromatic heterocycles. The topological polar surface area (TPSA) is 63.6 Å². The van der Waals surface area contributed by atoms with Crippen molar-refractivity contribution in [3.05, 3.63) is 23.3 Å². The molecule has 30 heavy (non-hydrogen) atoms. The Hall–Kier alpha value is -1.42. The Kier molecular flexibility index (Phi) is 10.8. The number of ketones is 1. The molecular weight excluding hydrogens is 376 g/mol. The van der Waals surface area contributed by atoms with Gasteiger partial charge in [-0.1, -0.05) is 42.6 Å². The average Bonchev–Trinajstić information content (AvgIpc) is 3.22. The van der Waals surface area contributed by atoms with Gasteiger partial charge in [0.05, 0.1) is 13.2 Å². The lowest BCUT2D eigenvalue weighted by Crippen LogP contribution is -2.28. The normalized spacial score (nSPS) is 25.0. The predicted octanol–water partition coefficient (Wildman–Crippen LogP) is 5.93. The van der Waals surface area contributed by atoms with Gasteiger partial charge in [-0.2, -0.15) is 0 Å². The maximum Gasteiger partial charge on any atom is 0.305 e. The molecule has 4 nitrogen and oxygen atoms in total. The maximum absolute atomic E-state index is 12.8. The summed E-state index contributed by atoms with van der Waals surface area (Å²) in [5.74, 6) is 0.622. The van der Waals surface area contributed by atoms with E-state index < -0.39 is 6.10 Å². The number of Topliss-reactive ketones (excluding diaryl/α,β-unsaturated/α-hetero) is 1. The summed E-state index contributed by atoms with van der Waals surface area (Å²) in [5, 5.41) is 10.5. The van der Waals surface area contributed by atoms with Gasteiger partial charge >= 0.3 is 5.97 Å². The SMILES string of the molecule is COC(=O)CCCCC1=C[C@@H]2C[C@H](O)[C@@H](C(=O)CCCCCCCC=C(C)C)[C@@H]2C1. The standard InChI is InChI=1S/C26H42O4/c1-19(2)12-8-6-4-5-7-9-14-23(27)26-22-17-20(16-21(22)18-24(26)28)13-10-11-15-25(29)30-3/h12,16,21-22,24,26,28H,4-11,13-15,17-18H2,1-3H3/t21-,22-,24+,26-/m1/s1. The van der Waals surface area contributed by atoms with Crippen LogP contribution in [-0.4, -0.2) is 30.1 Å². The van der Waals surface area contributed by atoms with E-state index in [0.717, 1.165) is 51.4 Å². The van der Waals surface area contributed by atoms with Crippen molar-refractivity contribution in [3.63, 3.8) is 0 Å². The molecular formula is C26H42O4. The van der Waals surface area contributed by atoms with Crippen molar-refractivity contribution in [2.45, 2.75) is 103 Å². The molecule has 1 fully saturated rings. The zero-order valence-electron chi connectivity index (χ0n) is 19.3. The van der Waals surface area contributed by atoms with Crippen LogP contribution in [0.15, 0.2) is 23.3 Å². The molecule has 170 valence electrons. The molecule has 0 saturated heterocycles. The van der Waals surface area contributed by atoms with Crippen molar-refractivity contribution in [1.82, 2.24) is 0 Å². The van der Waals surface area contributed by atoms with Gasteiger partial charge in [-0.05, 0) is 77.0 Å². The molecule has 0 bridgehead atoms. The molecule has 0 unspecified atom stereocenters. The summed E-state index contributed by atoms with van der Waals surface area (Å²) in [7, 11) is 1.43. The zero-order chi connectivity index (χ0) is 21.9. The summed E-state index contributed by atoms with van der Waals surface area (Å²) in [6.45, 7) is 4.28. The first-order valence-corrected chi connectivity index (χ1v) is 12.0. The number of aliphatic hydroxyl groups is 1. The van der Waals surface area contributed by atoms with Crippen molar-refractivity contribution in [1.29, 1.82) is 0 Å². The fourth-order valence-electron chi connectivity index (χ4n) is 5.19. The number of fused-ring (bicyclic) bond motifs is 1. The summed E-state index contributed by atoms with van der Waals surface area (Å²) >= 11 is 0. The van der Waals surface area contributed by atoms with Crippen molar-refractivity contribution >= 4 is 11.8 Å². The molecule has 2 rings (SSSR count). The van der Waals surface area contributed by atoms with E-state index in [-0.39, 0.29) is 17.7 Å². The molecule has 0 radical (unpaired) electrons. The van der Waals surface area contributed by atoms with Crippen LogP contribution in [0.5, 0.6) is 0 Å². The number of hydrogen-bond donors (Lipinski definition) is 1. The molecule has 4 heteroatoms. The van der Waals surface area contributed by atoms with Crippen LogP contribution in [0.4, 0.5) is 0 Å². The largest absolute Gasteiger partial charge is 0.469 e. The van der Waals surface area contributed by atoms with Crippen LogP contribution in [0, 0.1) is 17.8 Å². The molecule has 4 atom stereocenters. The van der Waals surface area contributed by atoms with Gasteiger partial charge in [0, 0.05) is 18.8 Å². The van der Waals surface area contributed by atoms with Crippen molar-refractivity contribution < 1.29 is 19.4 Å². The number of allylic oxidation sites excluding steroid dienone is 4. The second kappa shape index (κ2) is 13.1. The third-order valence-corrected chi connectivity index (χ3v) is 6.80. The quantitative estimate of drug-likeness (QED) is 0.216. The number of hydrogen-bond acceptors (Lipinski definition) is 4. The van der Waals surface area contributed by atoms with Crippen LogP contribution in [0.25, 0.3) is 0 Å². The molecule has 0 spiro atoms. The number of carbonyl (C=O) groups is 2. The van der Waals surface area contributed by atoms with Crippen molar-refractivity contribution in [2.75, 3.05) is 7.11 Å². The zero-order valence-corrected chi connectivity index (χ0v) is 19.3. The number of carbonyl (C=O) groups excluding carboxylic acids is 2. The Bertz CT molecular complexity index is 615. The summed E-state index contributed by atoms with van der Waals surface area (Å²) in [4.78, 5) is 24.1. The number of methoxy groups -OCH3 is 1. The van der Waals surface area contributed by atoms with Crippen molar-refractivity contribution in [3.8, 4) is 0 Å². The van der Waals surface area contributed by atoms with E-state index in [4.69, 9.17) is 0 Å².